The number of nitrogens with one attached hydrogen (secondary N) is 1. The van der Waals surface area contributed by atoms with E-state index in [0.717, 1.165) is 10.0 Å². The molecule has 0 aliphatic rings. The first-order valence-corrected chi connectivity index (χ1v) is 9.38. The molecule has 1 aromatic rings. The molecule has 0 spiro atoms. The van der Waals surface area contributed by atoms with Crippen molar-refractivity contribution >= 4 is 41.9 Å². The van der Waals surface area contributed by atoms with Crippen LogP contribution in [0, 0.1) is 6.92 Å². The van der Waals surface area contributed by atoms with Crippen LogP contribution in [-0.2, 0) is 14.8 Å². The fourth-order valence-corrected chi connectivity index (χ4v) is 4.26. The Morgan fingerprint density at radius 2 is 1.90 bits per heavy atom. The second-order valence-electron chi connectivity index (χ2n) is 4.70. The van der Waals surface area contributed by atoms with E-state index in [9.17, 15) is 8.42 Å². The summed E-state index contributed by atoms with van der Waals surface area (Å²) in [5, 5.41) is 0. The molecular weight excluding hydrogens is 410 g/mol. The van der Waals surface area contributed by atoms with Crippen LogP contribution in [0.15, 0.2) is 26.0 Å². The summed E-state index contributed by atoms with van der Waals surface area (Å²) < 4.78 is 33.7. The fraction of sp³-hybridized carbons (Fsp3) is 0.538. The van der Waals surface area contributed by atoms with Gasteiger partial charge >= 0.3 is 0 Å². The van der Waals surface area contributed by atoms with Crippen molar-refractivity contribution in [1.29, 1.82) is 0 Å². The van der Waals surface area contributed by atoms with Crippen LogP contribution in [0.25, 0.3) is 0 Å². The molecule has 1 N–H and O–H groups in total. The van der Waals surface area contributed by atoms with Gasteiger partial charge in [0.05, 0.1) is 11.0 Å². The number of rotatable bonds is 7. The van der Waals surface area contributed by atoms with E-state index >= 15 is 0 Å². The number of aryl methyl sites for hydroxylation is 1. The molecule has 0 bridgehead atoms. The standard InChI is InChI=1S/C13H19Br2NO3S/c1-9(2)19-6-4-5-16-20(17,18)13-8-11(14)10(3)7-12(13)15/h7-9,16H,4-6H2,1-3H3. The van der Waals surface area contributed by atoms with Crippen molar-refractivity contribution < 1.29 is 13.2 Å². The highest BCUT2D eigenvalue weighted by atomic mass is 79.9. The molecule has 114 valence electrons. The lowest BCUT2D eigenvalue weighted by Gasteiger charge is -2.11. The lowest BCUT2D eigenvalue weighted by Crippen LogP contribution is -2.26. The van der Waals surface area contributed by atoms with Gasteiger partial charge in [-0.3, -0.25) is 0 Å². The van der Waals surface area contributed by atoms with Crippen LogP contribution < -0.4 is 4.72 Å². The first kappa shape index (κ1) is 18.1. The third kappa shape index (κ3) is 5.44. The largest absolute Gasteiger partial charge is 0.379 e. The number of ether oxygens (including phenoxy) is 1. The van der Waals surface area contributed by atoms with E-state index in [1.54, 1.807) is 12.1 Å². The Bertz CT molecular complexity index is 559. The van der Waals surface area contributed by atoms with E-state index in [-0.39, 0.29) is 11.0 Å². The molecule has 1 aromatic carbocycles. The molecule has 0 aromatic heterocycles. The molecule has 0 saturated heterocycles. The van der Waals surface area contributed by atoms with Gasteiger partial charge in [0.1, 0.15) is 0 Å². The normalized spacial score (nSPS) is 12.1. The second kappa shape index (κ2) is 7.89. The molecule has 0 saturated carbocycles. The minimum atomic E-state index is -3.51. The molecule has 0 aliphatic heterocycles. The minimum absolute atomic E-state index is 0.161. The molecule has 0 fully saturated rings. The zero-order valence-electron chi connectivity index (χ0n) is 11.7. The average Bonchev–Trinajstić information content (AvgIpc) is 2.32. The molecule has 0 radical (unpaired) electrons. The Kier molecular flexibility index (Phi) is 7.14. The summed E-state index contributed by atoms with van der Waals surface area (Å²) in [6, 6.07) is 3.38. The van der Waals surface area contributed by atoms with E-state index < -0.39 is 10.0 Å². The van der Waals surface area contributed by atoms with Crippen LogP contribution >= 0.6 is 31.9 Å². The molecule has 0 unspecified atom stereocenters. The van der Waals surface area contributed by atoms with Gasteiger partial charge in [0.2, 0.25) is 10.0 Å². The van der Waals surface area contributed by atoms with Crippen molar-refractivity contribution in [3.05, 3.63) is 26.6 Å². The summed E-state index contributed by atoms with van der Waals surface area (Å²) >= 11 is 6.64. The van der Waals surface area contributed by atoms with Gasteiger partial charge in [-0.25, -0.2) is 13.1 Å². The zero-order valence-corrected chi connectivity index (χ0v) is 15.7. The van der Waals surface area contributed by atoms with Gasteiger partial charge in [-0.15, -0.1) is 0 Å². The lowest BCUT2D eigenvalue weighted by molar-refractivity contribution is 0.0778. The smallest absolute Gasteiger partial charge is 0.241 e. The van der Waals surface area contributed by atoms with Crippen LogP contribution in [0.1, 0.15) is 25.8 Å². The van der Waals surface area contributed by atoms with E-state index in [1.807, 2.05) is 20.8 Å². The van der Waals surface area contributed by atoms with Crippen LogP contribution in [0.3, 0.4) is 0 Å². The molecule has 4 nitrogen and oxygen atoms in total. The SMILES string of the molecule is Cc1cc(Br)c(S(=O)(=O)NCCCOC(C)C)cc1Br. The van der Waals surface area contributed by atoms with Gasteiger partial charge in [-0.1, -0.05) is 15.9 Å². The third-order valence-corrected chi connectivity index (χ3v) is 5.84. The number of sulfonamides is 1. The van der Waals surface area contributed by atoms with Crippen molar-refractivity contribution in [2.45, 2.75) is 38.2 Å². The maximum absolute atomic E-state index is 12.2. The third-order valence-electron chi connectivity index (χ3n) is 2.57. The summed E-state index contributed by atoms with van der Waals surface area (Å²) in [4.78, 5) is 0.236. The van der Waals surface area contributed by atoms with Crippen LogP contribution in [0.2, 0.25) is 0 Å². The molecule has 0 atom stereocenters. The average molecular weight is 429 g/mol. The number of benzene rings is 1. The zero-order chi connectivity index (χ0) is 15.3. The molecule has 7 heteroatoms. The van der Waals surface area contributed by atoms with Gasteiger partial charge in [0.15, 0.2) is 0 Å². The summed E-state index contributed by atoms with van der Waals surface area (Å²) in [7, 11) is -3.51. The highest BCUT2D eigenvalue weighted by molar-refractivity contribution is 9.11. The molecule has 0 amide bonds. The molecule has 0 heterocycles. The second-order valence-corrected chi connectivity index (χ2v) is 8.15. The molecule has 1 rings (SSSR count). The topological polar surface area (TPSA) is 55.4 Å². The maximum atomic E-state index is 12.2. The summed E-state index contributed by atoms with van der Waals surface area (Å²) in [5.41, 5.74) is 0.973. The maximum Gasteiger partial charge on any atom is 0.241 e. The van der Waals surface area contributed by atoms with Crippen LogP contribution in [0.4, 0.5) is 0 Å². The molecule has 20 heavy (non-hydrogen) atoms. The predicted octanol–water partition coefficient (Wildman–Crippen LogP) is 3.61. The van der Waals surface area contributed by atoms with E-state index in [0.29, 0.717) is 24.0 Å². The van der Waals surface area contributed by atoms with Gasteiger partial charge in [-0.2, -0.15) is 0 Å². The predicted molar refractivity (Wildman–Crippen MR) is 87.5 cm³/mol. The van der Waals surface area contributed by atoms with E-state index in [1.165, 1.54) is 0 Å². The summed E-state index contributed by atoms with van der Waals surface area (Å²) in [5.74, 6) is 0. The van der Waals surface area contributed by atoms with Crippen molar-refractivity contribution in [2.75, 3.05) is 13.2 Å². The van der Waals surface area contributed by atoms with Gasteiger partial charge < -0.3 is 4.74 Å². The summed E-state index contributed by atoms with van der Waals surface area (Å²) in [6.07, 6.45) is 0.802. The first-order chi connectivity index (χ1) is 9.24. The van der Waals surface area contributed by atoms with Crippen LogP contribution in [0.5, 0.6) is 0 Å². The number of hydrogen-bond acceptors (Lipinski definition) is 3. The van der Waals surface area contributed by atoms with Crippen molar-refractivity contribution in [3.8, 4) is 0 Å². The molecular formula is C13H19Br2NO3S. The van der Waals surface area contributed by atoms with Gasteiger partial charge in [0, 0.05) is 22.1 Å². The monoisotopic (exact) mass is 427 g/mol. The Labute approximate surface area is 137 Å². The molecule has 0 aliphatic carbocycles. The number of halogens is 2. The Morgan fingerprint density at radius 1 is 1.25 bits per heavy atom. The Balaban J connectivity index is 2.68. The summed E-state index contributed by atoms with van der Waals surface area (Å²) in [6.45, 7) is 6.70. The Morgan fingerprint density at radius 3 is 2.50 bits per heavy atom. The first-order valence-electron chi connectivity index (χ1n) is 6.31. The minimum Gasteiger partial charge on any atom is -0.379 e. The number of hydrogen-bond donors (Lipinski definition) is 1. The van der Waals surface area contributed by atoms with Crippen molar-refractivity contribution in [3.63, 3.8) is 0 Å². The fourth-order valence-electron chi connectivity index (χ4n) is 1.51. The highest BCUT2D eigenvalue weighted by Crippen LogP contribution is 2.28. The van der Waals surface area contributed by atoms with E-state index in [4.69, 9.17) is 4.74 Å². The lowest BCUT2D eigenvalue weighted by atomic mass is 10.2. The van der Waals surface area contributed by atoms with Crippen molar-refractivity contribution in [2.24, 2.45) is 0 Å². The van der Waals surface area contributed by atoms with E-state index in [2.05, 4.69) is 36.6 Å². The van der Waals surface area contributed by atoms with Crippen LogP contribution in [-0.4, -0.2) is 27.7 Å². The van der Waals surface area contributed by atoms with Gasteiger partial charge in [0.25, 0.3) is 0 Å². The quantitative estimate of drug-likeness (QED) is 0.674. The highest BCUT2D eigenvalue weighted by Gasteiger charge is 2.18. The Hall–Kier alpha value is 0.0500. The van der Waals surface area contributed by atoms with Crippen molar-refractivity contribution in [1.82, 2.24) is 4.72 Å². The van der Waals surface area contributed by atoms with Gasteiger partial charge in [-0.05, 0) is 60.8 Å².